The Kier molecular flexibility index (Phi) is 7.00. The van der Waals surface area contributed by atoms with E-state index in [0.29, 0.717) is 17.9 Å². The normalized spacial score (nSPS) is 10.1. The van der Waals surface area contributed by atoms with Gasteiger partial charge in [0.15, 0.2) is 5.78 Å². The molecule has 0 N–H and O–H groups in total. The van der Waals surface area contributed by atoms with E-state index < -0.39 is 23.3 Å². The van der Waals surface area contributed by atoms with E-state index >= 15 is 0 Å². The molecule has 6 nitrogen and oxygen atoms in total. The summed E-state index contributed by atoms with van der Waals surface area (Å²) in [5.74, 6) is -1.75. The smallest absolute Gasteiger partial charge is 0.379 e. The highest BCUT2D eigenvalue weighted by molar-refractivity contribution is 6.42. The summed E-state index contributed by atoms with van der Waals surface area (Å²) < 4.78 is 10.5. The van der Waals surface area contributed by atoms with E-state index in [0.717, 1.165) is 6.42 Å². The SMILES string of the molecule is CCCCOC(=O)C(=O)c1ccc(Oc2ccc(C(=O)C(C)=O)cc2)cc1. The lowest BCUT2D eigenvalue weighted by molar-refractivity contribution is -0.138. The van der Waals surface area contributed by atoms with Gasteiger partial charge in [0, 0.05) is 18.1 Å². The molecule has 140 valence electrons. The zero-order chi connectivity index (χ0) is 19.8. The molecule has 0 amide bonds. The Bertz CT molecular complexity index is 834. The Labute approximate surface area is 157 Å². The van der Waals surface area contributed by atoms with Gasteiger partial charge >= 0.3 is 5.97 Å². The van der Waals surface area contributed by atoms with Crippen LogP contribution in [-0.4, -0.2) is 29.9 Å². The van der Waals surface area contributed by atoms with E-state index in [1.807, 2.05) is 6.92 Å². The highest BCUT2D eigenvalue weighted by atomic mass is 16.5. The number of carbonyl (C=O) groups excluding carboxylic acids is 4. The second kappa shape index (κ2) is 9.43. The van der Waals surface area contributed by atoms with Gasteiger partial charge in [-0.25, -0.2) is 4.79 Å². The van der Waals surface area contributed by atoms with Crippen molar-refractivity contribution >= 4 is 23.3 Å². The molecule has 0 radical (unpaired) electrons. The molecule has 2 aromatic carbocycles. The number of esters is 1. The average Bonchev–Trinajstić information content (AvgIpc) is 2.68. The lowest BCUT2D eigenvalue weighted by Crippen LogP contribution is -2.18. The van der Waals surface area contributed by atoms with Gasteiger partial charge in [0.1, 0.15) is 11.5 Å². The molecule has 0 aliphatic carbocycles. The van der Waals surface area contributed by atoms with Crippen molar-refractivity contribution < 1.29 is 28.7 Å². The molecular weight excluding hydrogens is 348 g/mol. The molecule has 2 rings (SSSR count). The monoisotopic (exact) mass is 368 g/mol. The van der Waals surface area contributed by atoms with Crippen molar-refractivity contribution in [1.29, 1.82) is 0 Å². The van der Waals surface area contributed by atoms with Crippen molar-refractivity contribution in [3.05, 3.63) is 59.7 Å². The Morgan fingerprint density at radius 2 is 1.26 bits per heavy atom. The summed E-state index contributed by atoms with van der Waals surface area (Å²) in [6.45, 7) is 3.41. The molecule has 0 fully saturated rings. The van der Waals surface area contributed by atoms with Crippen molar-refractivity contribution in [2.75, 3.05) is 6.61 Å². The van der Waals surface area contributed by atoms with Gasteiger partial charge in [0.2, 0.25) is 5.78 Å². The summed E-state index contributed by atoms with van der Waals surface area (Å²) in [6.07, 6.45) is 1.58. The van der Waals surface area contributed by atoms with Crippen LogP contribution in [0, 0.1) is 0 Å². The minimum absolute atomic E-state index is 0.214. The van der Waals surface area contributed by atoms with Crippen LogP contribution < -0.4 is 4.74 Å². The molecule has 0 heterocycles. The molecule has 0 aliphatic heterocycles. The molecule has 0 bridgehead atoms. The van der Waals surface area contributed by atoms with Crippen molar-refractivity contribution in [2.24, 2.45) is 0 Å². The molecule has 0 saturated carbocycles. The number of carbonyl (C=O) groups is 4. The van der Waals surface area contributed by atoms with Gasteiger partial charge in [-0.2, -0.15) is 0 Å². The summed E-state index contributed by atoms with van der Waals surface area (Å²) in [5, 5.41) is 0. The first-order valence-corrected chi connectivity index (χ1v) is 8.57. The summed E-state index contributed by atoms with van der Waals surface area (Å²) >= 11 is 0. The lowest BCUT2D eigenvalue weighted by atomic mass is 10.1. The molecular formula is C21H20O6. The molecule has 0 atom stereocenters. The van der Waals surface area contributed by atoms with Crippen LogP contribution in [-0.2, 0) is 14.3 Å². The summed E-state index contributed by atoms with van der Waals surface area (Å²) in [6, 6.07) is 12.2. The predicted octanol–water partition coefficient (Wildman–Crippen LogP) is 3.78. The second-order valence-electron chi connectivity index (χ2n) is 5.85. The third kappa shape index (κ3) is 5.60. The zero-order valence-electron chi connectivity index (χ0n) is 15.2. The first-order valence-electron chi connectivity index (χ1n) is 8.57. The third-order valence-electron chi connectivity index (χ3n) is 3.70. The van der Waals surface area contributed by atoms with Crippen LogP contribution in [0.15, 0.2) is 48.5 Å². The van der Waals surface area contributed by atoms with Crippen molar-refractivity contribution in [1.82, 2.24) is 0 Å². The Morgan fingerprint density at radius 3 is 1.70 bits per heavy atom. The Morgan fingerprint density at radius 1 is 0.778 bits per heavy atom. The summed E-state index contributed by atoms with van der Waals surface area (Å²) in [5.41, 5.74) is 0.503. The van der Waals surface area contributed by atoms with E-state index in [1.165, 1.54) is 31.2 Å². The van der Waals surface area contributed by atoms with Crippen LogP contribution in [0.4, 0.5) is 0 Å². The molecule has 6 heteroatoms. The van der Waals surface area contributed by atoms with Gasteiger partial charge in [0.25, 0.3) is 5.78 Å². The van der Waals surface area contributed by atoms with Gasteiger partial charge in [-0.15, -0.1) is 0 Å². The molecule has 0 spiro atoms. The summed E-state index contributed by atoms with van der Waals surface area (Å²) in [7, 11) is 0. The minimum atomic E-state index is -0.872. The highest BCUT2D eigenvalue weighted by Crippen LogP contribution is 2.22. The Hall–Kier alpha value is -3.28. The quantitative estimate of drug-likeness (QED) is 0.290. The number of hydrogen-bond acceptors (Lipinski definition) is 6. The fraction of sp³-hybridized carbons (Fsp3) is 0.238. The highest BCUT2D eigenvalue weighted by Gasteiger charge is 2.17. The van der Waals surface area contributed by atoms with Crippen LogP contribution in [0.5, 0.6) is 11.5 Å². The number of benzene rings is 2. The van der Waals surface area contributed by atoms with Crippen LogP contribution in [0.1, 0.15) is 47.4 Å². The molecule has 2 aromatic rings. The fourth-order valence-corrected chi connectivity index (χ4v) is 2.18. The number of ether oxygens (including phenoxy) is 2. The average molecular weight is 368 g/mol. The van der Waals surface area contributed by atoms with Crippen molar-refractivity contribution in [3.8, 4) is 11.5 Å². The minimum Gasteiger partial charge on any atom is -0.460 e. The van der Waals surface area contributed by atoms with Gasteiger partial charge < -0.3 is 9.47 Å². The van der Waals surface area contributed by atoms with Crippen LogP contribution in [0.2, 0.25) is 0 Å². The van der Waals surface area contributed by atoms with Gasteiger partial charge in [0.05, 0.1) is 6.61 Å². The topological polar surface area (TPSA) is 86.7 Å². The second-order valence-corrected chi connectivity index (χ2v) is 5.85. The van der Waals surface area contributed by atoms with Crippen LogP contribution in [0.25, 0.3) is 0 Å². The number of unbranched alkanes of at least 4 members (excludes halogenated alkanes) is 1. The van der Waals surface area contributed by atoms with Crippen molar-refractivity contribution in [3.63, 3.8) is 0 Å². The van der Waals surface area contributed by atoms with Crippen LogP contribution >= 0.6 is 0 Å². The number of ketones is 3. The molecule has 0 unspecified atom stereocenters. The van der Waals surface area contributed by atoms with E-state index in [1.54, 1.807) is 24.3 Å². The zero-order valence-corrected chi connectivity index (χ0v) is 15.2. The largest absolute Gasteiger partial charge is 0.460 e. The molecule has 0 saturated heterocycles. The predicted molar refractivity (Wildman–Crippen MR) is 98.2 cm³/mol. The molecule has 27 heavy (non-hydrogen) atoms. The fourth-order valence-electron chi connectivity index (χ4n) is 2.18. The maximum absolute atomic E-state index is 12.0. The van der Waals surface area contributed by atoms with Gasteiger partial charge in [-0.3, -0.25) is 14.4 Å². The van der Waals surface area contributed by atoms with E-state index in [4.69, 9.17) is 9.47 Å². The lowest BCUT2D eigenvalue weighted by Gasteiger charge is -2.07. The number of Topliss-reactive ketones (excluding diaryl/α,β-unsaturated/α-hetero) is 3. The first kappa shape index (κ1) is 20.0. The maximum Gasteiger partial charge on any atom is 0.379 e. The molecule has 0 aliphatic rings. The number of rotatable bonds is 9. The van der Waals surface area contributed by atoms with E-state index in [9.17, 15) is 19.2 Å². The first-order chi connectivity index (χ1) is 12.9. The van der Waals surface area contributed by atoms with Crippen LogP contribution in [0.3, 0.4) is 0 Å². The van der Waals surface area contributed by atoms with E-state index in [2.05, 4.69) is 0 Å². The van der Waals surface area contributed by atoms with E-state index in [-0.39, 0.29) is 17.7 Å². The van der Waals surface area contributed by atoms with Crippen molar-refractivity contribution in [2.45, 2.75) is 26.7 Å². The summed E-state index contributed by atoms with van der Waals surface area (Å²) in [4.78, 5) is 46.3. The number of hydrogen-bond donors (Lipinski definition) is 0. The molecule has 0 aromatic heterocycles. The van der Waals surface area contributed by atoms with Gasteiger partial charge in [-0.1, -0.05) is 13.3 Å². The van der Waals surface area contributed by atoms with Gasteiger partial charge in [-0.05, 0) is 55.0 Å². The maximum atomic E-state index is 12.0. The Balaban J connectivity index is 1.99. The third-order valence-corrected chi connectivity index (χ3v) is 3.70. The standard InChI is InChI=1S/C21H20O6/c1-3-4-13-26-21(25)20(24)16-7-11-18(12-8-16)27-17-9-5-15(6-10-17)19(23)14(2)22/h5-12H,3-4,13H2,1-2H3.